The number of halogens is 1. The van der Waals surface area contributed by atoms with Crippen molar-refractivity contribution in [2.24, 2.45) is 0 Å². The summed E-state index contributed by atoms with van der Waals surface area (Å²) < 4.78 is 4.93. The summed E-state index contributed by atoms with van der Waals surface area (Å²) in [7, 11) is 0. The number of carbonyl (C=O) groups excluding carboxylic acids is 2. The smallest absolute Gasteiger partial charge is 0.263 e. The maximum absolute atomic E-state index is 12.2. The average Bonchev–Trinajstić information content (AvgIpc) is 2.80. The second-order valence-corrected chi connectivity index (χ2v) is 4.24. The van der Waals surface area contributed by atoms with Crippen molar-refractivity contribution in [3.63, 3.8) is 0 Å². The fourth-order valence-electron chi connectivity index (χ4n) is 1.60. The molecule has 2 rings (SSSR count). The molecule has 2 N–H and O–H groups in total. The molecule has 0 aliphatic heterocycles. The van der Waals surface area contributed by atoms with E-state index < -0.39 is 11.8 Å². The highest BCUT2D eigenvalue weighted by molar-refractivity contribution is 6.29. The zero-order valence-corrected chi connectivity index (χ0v) is 11.4. The van der Waals surface area contributed by atoms with Crippen LogP contribution in [0.15, 0.2) is 34.9 Å². The molecule has 0 saturated heterocycles. The van der Waals surface area contributed by atoms with E-state index in [-0.39, 0.29) is 17.3 Å². The summed E-state index contributed by atoms with van der Waals surface area (Å²) in [5.74, 6) is -1.14. The third kappa shape index (κ3) is 3.16. The van der Waals surface area contributed by atoms with Gasteiger partial charge in [-0.1, -0.05) is 23.4 Å². The van der Waals surface area contributed by atoms with Gasteiger partial charge in [-0.25, -0.2) is 0 Å². The van der Waals surface area contributed by atoms with Gasteiger partial charge in [0.1, 0.15) is 11.4 Å². The highest BCUT2D eigenvalue weighted by Crippen LogP contribution is 2.21. The molecule has 0 unspecified atom stereocenters. The zero-order chi connectivity index (χ0) is 14.5. The van der Waals surface area contributed by atoms with E-state index >= 15 is 0 Å². The van der Waals surface area contributed by atoms with Crippen LogP contribution in [0.1, 0.15) is 16.1 Å². The molecule has 0 atom stereocenters. The molecular formula is C13H12ClN3O3. The Hall–Kier alpha value is -2.34. The summed E-state index contributed by atoms with van der Waals surface area (Å²) in [6.45, 7) is 1.61. The third-order valence-corrected chi connectivity index (χ3v) is 2.74. The van der Waals surface area contributed by atoms with Gasteiger partial charge >= 0.3 is 0 Å². The van der Waals surface area contributed by atoms with E-state index in [9.17, 15) is 9.59 Å². The first-order valence-corrected chi connectivity index (χ1v) is 6.33. The Morgan fingerprint density at radius 1 is 1.25 bits per heavy atom. The topological polar surface area (TPSA) is 84.2 Å². The highest BCUT2D eigenvalue weighted by Gasteiger charge is 2.22. The molecule has 0 saturated carbocycles. The second kappa shape index (κ2) is 6.21. The Morgan fingerprint density at radius 2 is 1.95 bits per heavy atom. The summed E-state index contributed by atoms with van der Waals surface area (Å²) in [6.07, 6.45) is 0. The van der Waals surface area contributed by atoms with Crippen molar-refractivity contribution in [3.05, 3.63) is 41.6 Å². The number of hydrogen-bond acceptors (Lipinski definition) is 4. The van der Waals surface area contributed by atoms with Crippen LogP contribution in [-0.4, -0.2) is 22.9 Å². The van der Waals surface area contributed by atoms with Crippen LogP contribution in [0.5, 0.6) is 0 Å². The highest BCUT2D eigenvalue weighted by atomic mass is 35.5. The van der Waals surface area contributed by atoms with Gasteiger partial charge in [0, 0.05) is 5.69 Å². The van der Waals surface area contributed by atoms with Crippen LogP contribution in [0.4, 0.5) is 11.6 Å². The van der Waals surface area contributed by atoms with E-state index in [0.717, 1.165) is 0 Å². The van der Waals surface area contributed by atoms with E-state index in [4.69, 9.17) is 16.1 Å². The van der Waals surface area contributed by atoms with Crippen molar-refractivity contribution < 1.29 is 14.1 Å². The Kier molecular flexibility index (Phi) is 4.37. The van der Waals surface area contributed by atoms with Crippen LogP contribution < -0.4 is 10.6 Å². The molecule has 0 aliphatic carbocycles. The molecule has 7 heteroatoms. The minimum Gasteiger partial charge on any atom is -0.337 e. The first-order chi connectivity index (χ1) is 9.61. The molecule has 0 aliphatic rings. The van der Waals surface area contributed by atoms with Gasteiger partial charge in [-0.3, -0.25) is 14.9 Å². The number of carbonyl (C=O) groups is 2. The van der Waals surface area contributed by atoms with Gasteiger partial charge in [0.05, 0.1) is 5.69 Å². The second-order valence-electron chi connectivity index (χ2n) is 3.97. The lowest BCUT2D eigenvalue weighted by atomic mass is 10.2. The molecular weight excluding hydrogens is 282 g/mol. The van der Waals surface area contributed by atoms with Gasteiger partial charge in [0.25, 0.3) is 5.91 Å². The quantitative estimate of drug-likeness (QED) is 0.848. The van der Waals surface area contributed by atoms with Crippen molar-refractivity contribution in [3.8, 4) is 0 Å². The van der Waals surface area contributed by atoms with Gasteiger partial charge in [-0.2, -0.15) is 0 Å². The number of hydrogen-bond donors (Lipinski definition) is 2. The predicted molar refractivity (Wildman–Crippen MR) is 75.0 cm³/mol. The number of nitrogens with zero attached hydrogens (tertiary/aromatic N) is 1. The molecule has 0 spiro atoms. The molecule has 1 aromatic heterocycles. The van der Waals surface area contributed by atoms with Gasteiger partial charge < -0.3 is 9.84 Å². The van der Waals surface area contributed by atoms with Crippen molar-refractivity contribution in [1.29, 1.82) is 0 Å². The summed E-state index contributed by atoms with van der Waals surface area (Å²) in [5.41, 5.74) is 1.18. The summed E-state index contributed by atoms with van der Waals surface area (Å²) in [5, 5.41) is 8.75. The van der Waals surface area contributed by atoms with E-state index in [0.29, 0.717) is 11.4 Å². The first kappa shape index (κ1) is 14.1. The maximum Gasteiger partial charge on any atom is 0.263 e. The molecule has 0 fully saturated rings. The number of nitrogens with one attached hydrogen (secondary N) is 2. The Balaban J connectivity index is 2.21. The molecule has 6 nitrogen and oxygen atoms in total. The van der Waals surface area contributed by atoms with Crippen LogP contribution in [0.2, 0.25) is 0 Å². The number of benzene rings is 1. The van der Waals surface area contributed by atoms with Crippen LogP contribution in [-0.2, 0) is 4.79 Å². The average molecular weight is 294 g/mol. The number of amides is 2. The number of alkyl halides is 1. The van der Waals surface area contributed by atoms with E-state index in [1.807, 2.05) is 6.07 Å². The van der Waals surface area contributed by atoms with E-state index in [2.05, 4.69) is 15.8 Å². The number of anilines is 2. The van der Waals surface area contributed by atoms with Crippen molar-refractivity contribution in [1.82, 2.24) is 5.16 Å². The van der Waals surface area contributed by atoms with Crippen molar-refractivity contribution in [2.75, 3.05) is 16.5 Å². The SMILES string of the molecule is Cc1noc(NC(=O)CCl)c1C(=O)Nc1ccccc1. The van der Waals surface area contributed by atoms with Gasteiger partial charge in [0.15, 0.2) is 0 Å². The van der Waals surface area contributed by atoms with Gasteiger partial charge in [0.2, 0.25) is 11.8 Å². The van der Waals surface area contributed by atoms with Gasteiger partial charge in [-0.15, -0.1) is 11.6 Å². The zero-order valence-electron chi connectivity index (χ0n) is 10.6. The molecule has 1 aromatic carbocycles. The normalized spacial score (nSPS) is 10.1. The monoisotopic (exact) mass is 293 g/mol. The van der Waals surface area contributed by atoms with Crippen LogP contribution in [0, 0.1) is 6.92 Å². The molecule has 1 heterocycles. The fraction of sp³-hybridized carbons (Fsp3) is 0.154. The minimum absolute atomic E-state index is 0.0124. The lowest BCUT2D eigenvalue weighted by Gasteiger charge is -2.05. The van der Waals surface area contributed by atoms with Crippen LogP contribution >= 0.6 is 11.6 Å². The Labute approximate surface area is 120 Å². The standard InChI is InChI=1S/C13H12ClN3O3/c1-8-11(13(20-17-8)16-10(18)7-14)12(19)15-9-5-3-2-4-6-9/h2-6H,7H2,1H3,(H,15,19)(H,16,18). The molecule has 0 bridgehead atoms. The van der Waals surface area contributed by atoms with Gasteiger partial charge in [-0.05, 0) is 19.1 Å². The summed E-state index contributed by atoms with van der Waals surface area (Å²) >= 11 is 5.40. The third-order valence-electron chi connectivity index (χ3n) is 2.50. The number of para-hydroxylation sites is 1. The van der Waals surface area contributed by atoms with Crippen molar-refractivity contribution in [2.45, 2.75) is 6.92 Å². The number of aryl methyl sites for hydroxylation is 1. The maximum atomic E-state index is 12.2. The van der Waals surface area contributed by atoms with E-state index in [1.165, 1.54) is 0 Å². The largest absolute Gasteiger partial charge is 0.337 e. The minimum atomic E-state index is -0.475. The molecule has 0 radical (unpaired) electrons. The Morgan fingerprint density at radius 3 is 2.60 bits per heavy atom. The molecule has 104 valence electrons. The predicted octanol–water partition coefficient (Wildman–Crippen LogP) is 2.41. The Bertz CT molecular complexity index is 625. The lowest BCUT2D eigenvalue weighted by molar-refractivity contribution is -0.114. The summed E-state index contributed by atoms with van der Waals surface area (Å²) in [6, 6.07) is 8.93. The number of rotatable bonds is 4. The molecule has 20 heavy (non-hydrogen) atoms. The summed E-state index contributed by atoms with van der Waals surface area (Å²) in [4.78, 5) is 23.5. The fourth-order valence-corrected chi connectivity index (χ4v) is 1.66. The first-order valence-electron chi connectivity index (χ1n) is 5.80. The van der Waals surface area contributed by atoms with Crippen molar-refractivity contribution >= 4 is 35.0 Å². The molecule has 2 amide bonds. The lowest BCUT2D eigenvalue weighted by Crippen LogP contribution is -2.18. The van der Waals surface area contributed by atoms with Crippen LogP contribution in [0.25, 0.3) is 0 Å². The van der Waals surface area contributed by atoms with E-state index in [1.54, 1.807) is 31.2 Å². The molecule has 2 aromatic rings. The number of aromatic nitrogens is 1. The van der Waals surface area contributed by atoms with Crippen LogP contribution in [0.3, 0.4) is 0 Å².